The molecule has 0 saturated carbocycles. The Hall–Kier alpha value is -2.44. The van der Waals surface area contributed by atoms with Gasteiger partial charge >= 0.3 is 0 Å². The van der Waals surface area contributed by atoms with E-state index in [9.17, 15) is 15.2 Å². The molecular weight excluding hydrogens is 306 g/mol. The lowest BCUT2D eigenvalue weighted by atomic mass is 10.1. The van der Waals surface area contributed by atoms with E-state index >= 15 is 0 Å². The maximum atomic E-state index is 10.7. The number of aliphatic hydroxyl groups excluding tert-OH is 1. The Balaban J connectivity index is 1.53. The lowest BCUT2D eigenvalue weighted by Gasteiger charge is -2.34. The number of benzene rings is 2. The predicted octanol–water partition coefficient (Wildman–Crippen LogP) is 1.03. The van der Waals surface area contributed by atoms with Crippen molar-refractivity contribution in [1.29, 1.82) is 0 Å². The minimum absolute atomic E-state index is 0.119. The molecule has 1 saturated heterocycles. The van der Waals surface area contributed by atoms with Gasteiger partial charge in [-0.05, 0) is 17.7 Å². The van der Waals surface area contributed by atoms with E-state index in [-0.39, 0.29) is 10.6 Å². The molecule has 24 heavy (non-hydrogen) atoms. The van der Waals surface area contributed by atoms with Crippen LogP contribution in [0.2, 0.25) is 0 Å². The maximum absolute atomic E-state index is 10.7. The monoisotopic (exact) mass is 328 g/mol. The normalized spacial score (nSPS) is 16.8. The summed E-state index contributed by atoms with van der Waals surface area (Å²) in [5.74, 6) is 0. The molecule has 2 aromatic carbocycles. The van der Waals surface area contributed by atoms with E-state index in [1.165, 1.54) is 4.90 Å². The Labute approximate surface area is 141 Å². The highest BCUT2D eigenvalue weighted by Crippen LogP contribution is 2.19. The number of nitrogens with zero attached hydrogens (tertiary/aromatic N) is 2. The molecular formula is C18H22N3O3+. The summed E-state index contributed by atoms with van der Waals surface area (Å²) in [5, 5.41) is 21.1. The van der Waals surface area contributed by atoms with Gasteiger partial charge in [-0.15, -0.1) is 0 Å². The van der Waals surface area contributed by atoms with E-state index in [1.807, 2.05) is 42.5 Å². The minimum atomic E-state index is -0.438. The summed E-state index contributed by atoms with van der Waals surface area (Å²) in [4.78, 5) is 14.0. The number of rotatable bonds is 5. The zero-order chi connectivity index (χ0) is 16.9. The molecule has 2 aromatic rings. The molecule has 2 N–H and O–H groups in total. The number of hydrogen-bond donors (Lipinski definition) is 2. The van der Waals surface area contributed by atoms with E-state index in [0.717, 1.165) is 37.4 Å². The van der Waals surface area contributed by atoms with Crippen LogP contribution in [0.25, 0.3) is 0 Å². The van der Waals surface area contributed by atoms with Gasteiger partial charge in [0.15, 0.2) is 0 Å². The van der Waals surface area contributed by atoms with Crippen LogP contribution in [0.15, 0.2) is 54.6 Å². The number of nitro groups is 1. The molecule has 0 bridgehead atoms. The second-order valence-corrected chi connectivity index (χ2v) is 6.14. The van der Waals surface area contributed by atoms with Gasteiger partial charge in [-0.3, -0.25) is 10.1 Å². The zero-order valence-corrected chi connectivity index (χ0v) is 13.5. The van der Waals surface area contributed by atoms with E-state index in [0.29, 0.717) is 6.54 Å². The van der Waals surface area contributed by atoms with Crippen molar-refractivity contribution in [3.63, 3.8) is 0 Å². The molecule has 6 heteroatoms. The third kappa shape index (κ3) is 3.90. The van der Waals surface area contributed by atoms with Gasteiger partial charge < -0.3 is 14.9 Å². The van der Waals surface area contributed by atoms with E-state index in [2.05, 4.69) is 4.90 Å². The number of nitrogens with one attached hydrogen (secondary N) is 1. The number of non-ortho nitro benzene ring substituents is 1. The van der Waals surface area contributed by atoms with Crippen molar-refractivity contribution < 1.29 is 14.9 Å². The van der Waals surface area contributed by atoms with Crippen molar-refractivity contribution in [1.82, 2.24) is 0 Å². The molecule has 0 amide bonds. The molecule has 0 aromatic heterocycles. The highest BCUT2D eigenvalue weighted by Gasteiger charge is 2.23. The molecule has 1 fully saturated rings. The number of piperazine rings is 1. The number of anilines is 1. The Morgan fingerprint density at radius 1 is 1.08 bits per heavy atom. The van der Waals surface area contributed by atoms with Gasteiger partial charge in [-0.25, -0.2) is 0 Å². The molecule has 1 aliphatic heterocycles. The second-order valence-electron chi connectivity index (χ2n) is 6.14. The van der Waals surface area contributed by atoms with Crippen LogP contribution in [0.5, 0.6) is 0 Å². The summed E-state index contributed by atoms with van der Waals surface area (Å²) in [6, 6.07) is 16.5. The topological polar surface area (TPSA) is 71.0 Å². The average Bonchev–Trinajstić information content (AvgIpc) is 2.63. The molecule has 0 radical (unpaired) electrons. The fourth-order valence-electron chi connectivity index (χ4n) is 3.14. The molecule has 6 nitrogen and oxygen atoms in total. The first-order valence-corrected chi connectivity index (χ1v) is 8.19. The summed E-state index contributed by atoms with van der Waals surface area (Å²) in [7, 11) is 0. The van der Waals surface area contributed by atoms with Crippen molar-refractivity contribution in [2.75, 3.05) is 37.6 Å². The van der Waals surface area contributed by atoms with Crippen molar-refractivity contribution in [2.45, 2.75) is 6.10 Å². The second kappa shape index (κ2) is 7.42. The highest BCUT2D eigenvalue weighted by atomic mass is 16.6. The molecule has 126 valence electrons. The first-order chi connectivity index (χ1) is 11.6. The van der Waals surface area contributed by atoms with E-state index in [1.54, 1.807) is 12.1 Å². The molecule has 0 aliphatic carbocycles. The molecule has 0 unspecified atom stereocenters. The Morgan fingerprint density at radius 2 is 1.71 bits per heavy atom. The van der Waals surface area contributed by atoms with Gasteiger partial charge in [-0.1, -0.05) is 30.3 Å². The van der Waals surface area contributed by atoms with E-state index < -0.39 is 6.10 Å². The lowest BCUT2D eigenvalue weighted by molar-refractivity contribution is -0.904. The van der Waals surface area contributed by atoms with Gasteiger partial charge in [-0.2, -0.15) is 0 Å². The first-order valence-electron chi connectivity index (χ1n) is 8.19. The molecule has 0 spiro atoms. The lowest BCUT2D eigenvalue weighted by Crippen LogP contribution is -3.15. The molecule has 1 atom stereocenters. The van der Waals surface area contributed by atoms with Gasteiger partial charge in [0.05, 0.1) is 31.1 Å². The Morgan fingerprint density at radius 3 is 2.29 bits per heavy atom. The van der Waals surface area contributed by atoms with Gasteiger partial charge in [0.25, 0.3) is 5.69 Å². The highest BCUT2D eigenvalue weighted by molar-refractivity contribution is 5.51. The Kier molecular flexibility index (Phi) is 5.08. The quantitative estimate of drug-likeness (QED) is 0.635. The average molecular weight is 328 g/mol. The number of hydrogen-bond acceptors (Lipinski definition) is 4. The number of aliphatic hydroxyl groups is 1. The van der Waals surface area contributed by atoms with Crippen LogP contribution in [0.1, 0.15) is 11.7 Å². The van der Waals surface area contributed by atoms with Crippen LogP contribution in [-0.4, -0.2) is 42.8 Å². The van der Waals surface area contributed by atoms with Crippen molar-refractivity contribution >= 4 is 11.4 Å². The van der Waals surface area contributed by atoms with Crippen molar-refractivity contribution in [2.24, 2.45) is 0 Å². The standard InChI is InChI=1S/C18H21N3O3/c22-18(15-4-2-1-3-5-15)14-19-10-12-20(13-11-19)16-6-8-17(9-7-16)21(23)24/h1-9,18,22H,10-14H2/p+1/t18-/m0/s1. The summed E-state index contributed by atoms with van der Waals surface area (Å²) >= 11 is 0. The number of nitro benzene ring substituents is 1. The van der Waals surface area contributed by atoms with Gasteiger partial charge in [0, 0.05) is 17.8 Å². The summed E-state index contributed by atoms with van der Waals surface area (Å²) < 4.78 is 0. The zero-order valence-electron chi connectivity index (χ0n) is 13.5. The Bertz CT molecular complexity index is 668. The third-order valence-electron chi connectivity index (χ3n) is 4.56. The van der Waals surface area contributed by atoms with Crippen molar-refractivity contribution in [3.05, 3.63) is 70.3 Å². The smallest absolute Gasteiger partial charge is 0.269 e. The van der Waals surface area contributed by atoms with E-state index in [4.69, 9.17) is 0 Å². The fourth-order valence-corrected chi connectivity index (χ4v) is 3.14. The minimum Gasteiger partial charge on any atom is -0.382 e. The summed E-state index contributed by atoms with van der Waals surface area (Å²) in [6.07, 6.45) is -0.438. The van der Waals surface area contributed by atoms with Gasteiger partial charge in [0.2, 0.25) is 0 Å². The fraction of sp³-hybridized carbons (Fsp3) is 0.333. The largest absolute Gasteiger partial charge is 0.382 e. The van der Waals surface area contributed by atoms with Crippen LogP contribution < -0.4 is 9.80 Å². The SMILES string of the molecule is O=[N+]([O-])c1ccc(N2CC[NH+](C[C@H](O)c3ccccc3)CC2)cc1. The predicted molar refractivity (Wildman–Crippen MR) is 92.3 cm³/mol. The number of quaternary nitrogens is 1. The maximum Gasteiger partial charge on any atom is 0.269 e. The molecule has 1 aliphatic rings. The molecule has 3 rings (SSSR count). The first kappa shape index (κ1) is 16.4. The molecule has 1 heterocycles. The summed E-state index contributed by atoms with van der Waals surface area (Å²) in [6.45, 7) is 4.36. The van der Waals surface area contributed by atoms with Gasteiger partial charge in [0.1, 0.15) is 12.6 Å². The summed E-state index contributed by atoms with van der Waals surface area (Å²) in [5.41, 5.74) is 2.10. The van der Waals surface area contributed by atoms with Crippen LogP contribution in [0.3, 0.4) is 0 Å². The van der Waals surface area contributed by atoms with Crippen LogP contribution in [-0.2, 0) is 0 Å². The van der Waals surface area contributed by atoms with Crippen LogP contribution in [0.4, 0.5) is 11.4 Å². The third-order valence-corrected chi connectivity index (χ3v) is 4.56. The van der Waals surface area contributed by atoms with Crippen LogP contribution in [0, 0.1) is 10.1 Å². The van der Waals surface area contributed by atoms with Crippen LogP contribution >= 0.6 is 0 Å². The van der Waals surface area contributed by atoms with Crippen molar-refractivity contribution in [3.8, 4) is 0 Å².